The minimum absolute atomic E-state index is 0.0600. The molecule has 0 atom stereocenters. The SMILES string of the molecule is N=C(NCC1CCCCC1)c1c(O)nsc1Nc1ccc(OC(F)F)cc1. The second-order valence-corrected chi connectivity index (χ2v) is 7.27. The van der Waals surface area contributed by atoms with Crippen molar-refractivity contribution in [2.45, 2.75) is 38.7 Å². The summed E-state index contributed by atoms with van der Waals surface area (Å²) in [5, 5.41) is 25.0. The number of anilines is 2. The van der Waals surface area contributed by atoms with Crippen LogP contribution >= 0.6 is 11.5 Å². The van der Waals surface area contributed by atoms with Gasteiger partial charge in [-0.1, -0.05) is 19.3 Å². The van der Waals surface area contributed by atoms with Gasteiger partial charge in [-0.2, -0.15) is 13.2 Å². The van der Waals surface area contributed by atoms with Crippen molar-refractivity contribution in [3.8, 4) is 11.6 Å². The van der Waals surface area contributed by atoms with Gasteiger partial charge in [-0.05, 0) is 54.6 Å². The molecule has 146 valence electrons. The number of nitrogens with zero attached hydrogens (tertiary/aromatic N) is 1. The number of rotatable bonds is 7. The van der Waals surface area contributed by atoms with Crippen molar-refractivity contribution in [1.29, 1.82) is 5.41 Å². The van der Waals surface area contributed by atoms with E-state index in [0.717, 1.165) is 24.4 Å². The zero-order valence-corrected chi connectivity index (χ0v) is 15.5. The van der Waals surface area contributed by atoms with E-state index < -0.39 is 6.61 Å². The third-order valence-corrected chi connectivity index (χ3v) is 5.31. The Morgan fingerprint density at radius 3 is 2.63 bits per heavy atom. The first-order chi connectivity index (χ1) is 13.0. The molecule has 1 aliphatic rings. The Labute approximate surface area is 160 Å². The summed E-state index contributed by atoms with van der Waals surface area (Å²) in [6.45, 7) is -2.17. The van der Waals surface area contributed by atoms with Crippen molar-refractivity contribution < 1.29 is 18.6 Å². The van der Waals surface area contributed by atoms with E-state index in [0.29, 0.717) is 28.7 Å². The van der Waals surface area contributed by atoms with Crippen molar-refractivity contribution in [3.05, 3.63) is 29.8 Å². The van der Waals surface area contributed by atoms with Gasteiger partial charge in [0.15, 0.2) is 0 Å². The summed E-state index contributed by atoms with van der Waals surface area (Å²) >= 11 is 1.03. The molecule has 0 aliphatic heterocycles. The van der Waals surface area contributed by atoms with Gasteiger partial charge in [0, 0.05) is 12.2 Å². The topological polar surface area (TPSA) is 90.3 Å². The number of alkyl halides is 2. The summed E-state index contributed by atoms with van der Waals surface area (Å²) in [6, 6.07) is 6.00. The molecule has 2 aromatic rings. The standard InChI is InChI=1S/C18H22F2N4O2S/c19-18(20)26-13-8-6-12(7-9-13)23-17-14(16(25)24-27-17)15(21)22-10-11-4-2-1-3-5-11/h6-9,11,18,23H,1-5,10H2,(H2,21,22)(H,24,25). The Morgan fingerprint density at radius 1 is 1.26 bits per heavy atom. The average molecular weight is 396 g/mol. The van der Waals surface area contributed by atoms with Gasteiger partial charge in [0.2, 0.25) is 5.88 Å². The van der Waals surface area contributed by atoms with E-state index in [1.807, 2.05) is 0 Å². The van der Waals surface area contributed by atoms with Crippen molar-refractivity contribution in [2.75, 3.05) is 11.9 Å². The van der Waals surface area contributed by atoms with Gasteiger partial charge < -0.3 is 20.5 Å². The molecule has 0 unspecified atom stereocenters. The molecule has 9 heteroatoms. The molecule has 0 radical (unpaired) electrons. The smallest absolute Gasteiger partial charge is 0.387 e. The molecule has 0 spiro atoms. The van der Waals surface area contributed by atoms with Crippen LogP contribution in [0.2, 0.25) is 0 Å². The van der Waals surface area contributed by atoms with Crippen LogP contribution in [0.3, 0.4) is 0 Å². The van der Waals surface area contributed by atoms with E-state index in [4.69, 9.17) is 5.41 Å². The van der Waals surface area contributed by atoms with Gasteiger partial charge in [-0.25, -0.2) is 0 Å². The Morgan fingerprint density at radius 2 is 1.96 bits per heavy atom. The van der Waals surface area contributed by atoms with Crippen LogP contribution in [-0.4, -0.2) is 28.5 Å². The number of nitrogens with one attached hydrogen (secondary N) is 3. The average Bonchev–Trinajstić information content (AvgIpc) is 3.02. The number of halogens is 2. The van der Waals surface area contributed by atoms with Crippen LogP contribution in [0.1, 0.15) is 37.7 Å². The quantitative estimate of drug-likeness (QED) is 0.403. The van der Waals surface area contributed by atoms with Crippen LogP contribution in [0.5, 0.6) is 11.6 Å². The first-order valence-electron chi connectivity index (χ1n) is 8.86. The molecule has 0 amide bonds. The molecular formula is C18H22F2N4O2S. The monoisotopic (exact) mass is 396 g/mol. The number of hydrogen-bond donors (Lipinski definition) is 4. The minimum atomic E-state index is -2.87. The van der Waals surface area contributed by atoms with Crippen LogP contribution in [0, 0.1) is 11.3 Å². The Balaban J connectivity index is 1.64. The maximum atomic E-state index is 12.2. The lowest BCUT2D eigenvalue weighted by molar-refractivity contribution is -0.0498. The zero-order chi connectivity index (χ0) is 19.2. The fourth-order valence-corrected chi connectivity index (χ4v) is 3.89. The van der Waals surface area contributed by atoms with Crippen molar-refractivity contribution >= 4 is 28.1 Å². The second kappa shape index (κ2) is 8.98. The minimum Gasteiger partial charge on any atom is -0.492 e. The third-order valence-electron chi connectivity index (χ3n) is 4.55. The molecule has 0 saturated heterocycles. The van der Waals surface area contributed by atoms with Crippen LogP contribution < -0.4 is 15.4 Å². The molecule has 3 rings (SSSR count). The molecule has 1 aromatic heterocycles. The summed E-state index contributed by atoms with van der Waals surface area (Å²) in [7, 11) is 0. The van der Waals surface area contributed by atoms with E-state index in [2.05, 4.69) is 19.7 Å². The van der Waals surface area contributed by atoms with E-state index in [1.165, 1.54) is 31.4 Å². The predicted octanol–water partition coefficient (Wildman–Crippen LogP) is 4.69. The van der Waals surface area contributed by atoms with Crippen molar-refractivity contribution in [2.24, 2.45) is 5.92 Å². The normalized spacial score (nSPS) is 14.9. The molecule has 27 heavy (non-hydrogen) atoms. The molecule has 0 bridgehead atoms. The fraction of sp³-hybridized carbons (Fsp3) is 0.444. The predicted molar refractivity (Wildman–Crippen MR) is 102 cm³/mol. The number of aromatic hydroxyl groups is 1. The van der Waals surface area contributed by atoms with Gasteiger partial charge in [-0.15, -0.1) is 0 Å². The fourth-order valence-electron chi connectivity index (χ4n) is 3.17. The molecule has 1 heterocycles. The Kier molecular flexibility index (Phi) is 6.44. The summed E-state index contributed by atoms with van der Waals surface area (Å²) in [5.41, 5.74) is 0.922. The molecule has 1 aliphatic carbocycles. The van der Waals surface area contributed by atoms with Crippen LogP contribution in [0.25, 0.3) is 0 Å². The lowest BCUT2D eigenvalue weighted by Crippen LogP contribution is -2.30. The number of aromatic nitrogens is 1. The number of hydrogen-bond acceptors (Lipinski definition) is 6. The van der Waals surface area contributed by atoms with Gasteiger partial charge in [-0.3, -0.25) is 5.41 Å². The largest absolute Gasteiger partial charge is 0.492 e. The highest BCUT2D eigenvalue weighted by Gasteiger charge is 2.20. The number of amidine groups is 1. The van der Waals surface area contributed by atoms with Gasteiger partial charge in [0.1, 0.15) is 22.1 Å². The summed E-state index contributed by atoms with van der Waals surface area (Å²) in [4.78, 5) is 0. The molecule has 6 nitrogen and oxygen atoms in total. The van der Waals surface area contributed by atoms with Gasteiger partial charge in [0.05, 0.1) is 0 Å². The molecule has 4 N–H and O–H groups in total. The van der Waals surface area contributed by atoms with E-state index >= 15 is 0 Å². The Hall–Kier alpha value is -2.42. The summed E-state index contributed by atoms with van der Waals surface area (Å²) in [5.74, 6) is 0.518. The summed E-state index contributed by atoms with van der Waals surface area (Å²) in [6.07, 6.45) is 6.04. The van der Waals surface area contributed by atoms with Crippen LogP contribution in [0.4, 0.5) is 19.5 Å². The van der Waals surface area contributed by atoms with Crippen LogP contribution in [-0.2, 0) is 0 Å². The molecule has 1 aromatic carbocycles. The Bertz CT molecular complexity index is 761. The summed E-state index contributed by atoms with van der Waals surface area (Å²) < 4.78 is 32.7. The first kappa shape index (κ1) is 19.3. The second-order valence-electron chi connectivity index (χ2n) is 6.50. The third kappa shape index (κ3) is 5.29. The van der Waals surface area contributed by atoms with Gasteiger partial charge >= 0.3 is 6.61 Å². The number of ether oxygens (including phenoxy) is 1. The molecule has 1 fully saturated rings. The van der Waals surface area contributed by atoms with Gasteiger partial charge in [0.25, 0.3) is 0 Å². The molecule has 1 saturated carbocycles. The van der Waals surface area contributed by atoms with Crippen LogP contribution in [0.15, 0.2) is 24.3 Å². The number of benzene rings is 1. The molecular weight excluding hydrogens is 374 g/mol. The van der Waals surface area contributed by atoms with E-state index in [-0.39, 0.29) is 17.5 Å². The maximum Gasteiger partial charge on any atom is 0.387 e. The maximum absolute atomic E-state index is 12.2. The van der Waals surface area contributed by atoms with Crippen molar-refractivity contribution in [1.82, 2.24) is 9.69 Å². The highest BCUT2D eigenvalue weighted by molar-refractivity contribution is 7.11. The van der Waals surface area contributed by atoms with Crippen molar-refractivity contribution in [3.63, 3.8) is 0 Å². The van der Waals surface area contributed by atoms with E-state index in [9.17, 15) is 13.9 Å². The first-order valence-corrected chi connectivity index (χ1v) is 9.63. The van der Waals surface area contributed by atoms with E-state index in [1.54, 1.807) is 12.1 Å². The highest BCUT2D eigenvalue weighted by atomic mass is 32.1. The zero-order valence-electron chi connectivity index (χ0n) is 14.7. The lowest BCUT2D eigenvalue weighted by Gasteiger charge is -2.22. The lowest BCUT2D eigenvalue weighted by atomic mass is 9.89. The highest BCUT2D eigenvalue weighted by Crippen LogP contribution is 2.33.